The highest BCUT2D eigenvalue weighted by molar-refractivity contribution is 5.94. The Morgan fingerprint density at radius 3 is 2.35 bits per heavy atom. The smallest absolute Gasteiger partial charge is 0.306 e. The number of amides is 1. The molecule has 0 saturated carbocycles. The molecule has 31 heavy (non-hydrogen) atoms. The average molecular weight is 427 g/mol. The summed E-state index contributed by atoms with van der Waals surface area (Å²) in [5.41, 5.74) is 0.436. The largest absolute Gasteiger partial charge is 0.481 e. The lowest BCUT2D eigenvalue weighted by atomic mass is 9.96. The van der Waals surface area contributed by atoms with E-state index in [2.05, 4.69) is 11.9 Å². The maximum absolute atomic E-state index is 12.7. The summed E-state index contributed by atoms with van der Waals surface area (Å²) in [5, 5.41) is 12.3. The first-order valence-electron chi connectivity index (χ1n) is 10.2. The summed E-state index contributed by atoms with van der Waals surface area (Å²) in [6.07, 6.45) is 2.08. The summed E-state index contributed by atoms with van der Waals surface area (Å²) >= 11 is 0. The maximum atomic E-state index is 12.7. The van der Waals surface area contributed by atoms with Crippen LogP contribution in [0.5, 0.6) is 11.5 Å². The predicted molar refractivity (Wildman–Crippen MR) is 117 cm³/mol. The molecule has 0 saturated heterocycles. The first kappa shape index (κ1) is 24.1. The molecule has 0 radical (unpaired) electrons. The Hall–Kier alpha value is -3.16. The van der Waals surface area contributed by atoms with E-state index in [4.69, 9.17) is 14.2 Å². The van der Waals surface area contributed by atoms with Crippen LogP contribution < -0.4 is 10.1 Å². The third-order valence-electron chi connectivity index (χ3n) is 4.49. The van der Waals surface area contributed by atoms with Crippen LogP contribution in [-0.4, -0.2) is 43.0 Å². The van der Waals surface area contributed by atoms with Crippen molar-refractivity contribution in [2.45, 2.75) is 25.8 Å². The topological polar surface area (TPSA) is 94.1 Å². The van der Waals surface area contributed by atoms with Crippen LogP contribution in [0, 0.1) is 5.92 Å². The molecule has 2 aromatic carbocycles. The van der Waals surface area contributed by atoms with E-state index in [0.717, 1.165) is 0 Å². The van der Waals surface area contributed by atoms with Crippen LogP contribution in [-0.2, 0) is 14.3 Å². The van der Waals surface area contributed by atoms with E-state index in [-0.39, 0.29) is 25.7 Å². The van der Waals surface area contributed by atoms with E-state index in [1.165, 1.54) is 0 Å². The van der Waals surface area contributed by atoms with E-state index in [1.807, 2.05) is 37.3 Å². The Kier molecular flexibility index (Phi) is 10.3. The first-order chi connectivity index (χ1) is 15.0. The van der Waals surface area contributed by atoms with Crippen molar-refractivity contribution >= 4 is 11.9 Å². The van der Waals surface area contributed by atoms with E-state index < -0.39 is 17.9 Å². The van der Waals surface area contributed by atoms with E-state index >= 15 is 0 Å². The molecule has 1 amide bonds. The summed E-state index contributed by atoms with van der Waals surface area (Å²) in [6.45, 7) is 6.18. The SMILES string of the molecule is C=CCC(CC(COCOCC)NC(=O)c1ccc(Oc2ccccc2)cc1)C(=O)O. The van der Waals surface area contributed by atoms with Gasteiger partial charge in [0.2, 0.25) is 0 Å². The molecule has 0 fully saturated rings. The number of carboxylic acid groups (broad SMARTS) is 1. The molecule has 0 aliphatic heterocycles. The van der Waals surface area contributed by atoms with Crippen LogP contribution in [0.15, 0.2) is 67.3 Å². The van der Waals surface area contributed by atoms with Gasteiger partial charge in [-0.05, 0) is 56.2 Å². The number of aliphatic carboxylic acids is 1. The molecular weight excluding hydrogens is 398 g/mol. The fourth-order valence-corrected chi connectivity index (χ4v) is 2.91. The average Bonchev–Trinajstić information content (AvgIpc) is 2.77. The standard InChI is InChI=1S/C24H29NO6/c1-3-8-19(24(27)28)15-20(16-30-17-29-4-2)25-23(26)18-11-13-22(14-12-18)31-21-9-6-5-7-10-21/h3,5-7,9-14,19-20H,1,4,8,15-17H2,2H3,(H,25,26)(H,27,28). The van der Waals surface area contributed by atoms with E-state index in [0.29, 0.717) is 30.1 Å². The lowest BCUT2D eigenvalue weighted by Gasteiger charge is -2.22. The van der Waals surface area contributed by atoms with Crippen LogP contribution in [0.3, 0.4) is 0 Å². The van der Waals surface area contributed by atoms with Gasteiger partial charge in [-0.1, -0.05) is 24.3 Å². The van der Waals surface area contributed by atoms with Crippen LogP contribution in [0.2, 0.25) is 0 Å². The van der Waals surface area contributed by atoms with Gasteiger partial charge in [-0.2, -0.15) is 0 Å². The molecule has 0 heterocycles. The van der Waals surface area contributed by atoms with E-state index in [1.54, 1.807) is 30.3 Å². The highest BCUT2D eigenvalue weighted by atomic mass is 16.7. The number of hydrogen-bond acceptors (Lipinski definition) is 5. The molecule has 0 spiro atoms. The van der Waals surface area contributed by atoms with Gasteiger partial charge < -0.3 is 24.6 Å². The first-order valence-corrected chi connectivity index (χ1v) is 10.2. The quantitative estimate of drug-likeness (QED) is 0.266. The van der Waals surface area contributed by atoms with E-state index in [9.17, 15) is 14.7 Å². The fourth-order valence-electron chi connectivity index (χ4n) is 2.91. The molecular formula is C24H29NO6. The molecule has 2 aromatic rings. The molecule has 0 aliphatic rings. The highest BCUT2D eigenvalue weighted by Gasteiger charge is 2.23. The molecule has 7 nitrogen and oxygen atoms in total. The Bertz CT molecular complexity index is 822. The minimum absolute atomic E-state index is 0.0770. The minimum Gasteiger partial charge on any atom is -0.481 e. The Labute approximate surface area is 182 Å². The summed E-state index contributed by atoms with van der Waals surface area (Å²) in [5.74, 6) is -0.616. The van der Waals surface area contributed by atoms with Crippen molar-refractivity contribution in [3.8, 4) is 11.5 Å². The number of ether oxygens (including phenoxy) is 3. The number of para-hydroxylation sites is 1. The Morgan fingerprint density at radius 1 is 1.06 bits per heavy atom. The van der Waals surface area contributed by atoms with Crippen LogP contribution in [0.1, 0.15) is 30.1 Å². The zero-order valence-electron chi connectivity index (χ0n) is 17.7. The predicted octanol–water partition coefficient (Wildman–Crippen LogP) is 4.25. The van der Waals surface area contributed by atoms with Gasteiger partial charge in [0.25, 0.3) is 5.91 Å². The number of rotatable bonds is 14. The van der Waals surface area contributed by atoms with Gasteiger partial charge in [-0.15, -0.1) is 6.58 Å². The van der Waals surface area contributed by atoms with Crippen LogP contribution >= 0.6 is 0 Å². The van der Waals surface area contributed by atoms with Gasteiger partial charge in [0.1, 0.15) is 18.3 Å². The van der Waals surface area contributed by atoms with Crippen molar-refractivity contribution in [3.63, 3.8) is 0 Å². The number of carboxylic acids is 1. The third kappa shape index (κ3) is 8.62. The number of carbonyl (C=O) groups excluding carboxylic acids is 1. The monoisotopic (exact) mass is 427 g/mol. The molecule has 7 heteroatoms. The van der Waals surface area contributed by atoms with Crippen molar-refractivity contribution in [2.75, 3.05) is 20.0 Å². The summed E-state index contributed by atoms with van der Waals surface area (Å²) < 4.78 is 16.3. The molecule has 2 unspecified atom stereocenters. The number of nitrogens with one attached hydrogen (secondary N) is 1. The molecule has 0 bridgehead atoms. The van der Waals surface area contributed by atoms with Gasteiger partial charge in [0.15, 0.2) is 0 Å². The molecule has 0 aromatic heterocycles. The van der Waals surface area contributed by atoms with Crippen LogP contribution in [0.4, 0.5) is 0 Å². The molecule has 166 valence electrons. The second-order valence-electron chi connectivity index (χ2n) is 6.89. The number of benzene rings is 2. The molecule has 2 N–H and O–H groups in total. The summed E-state index contributed by atoms with van der Waals surface area (Å²) in [4.78, 5) is 24.2. The summed E-state index contributed by atoms with van der Waals surface area (Å²) in [6, 6.07) is 15.6. The molecule has 2 atom stereocenters. The normalized spacial score (nSPS) is 12.5. The van der Waals surface area contributed by atoms with Gasteiger partial charge in [-0.3, -0.25) is 9.59 Å². The number of carbonyl (C=O) groups is 2. The Balaban J connectivity index is 2.01. The van der Waals surface area contributed by atoms with Crippen molar-refractivity contribution in [2.24, 2.45) is 5.92 Å². The second kappa shape index (κ2) is 13.2. The van der Waals surface area contributed by atoms with Crippen molar-refractivity contribution in [1.82, 2.24) is 5.32 Å². The zero-order chi connectivity index (χ0) is 22.5. The summed E-state index contributed by atoms with van der Waals surface area (Å²) in [7, 11) is 0. The van der Waals surface area contributed by atoms with Crippen molar-refractivity contribution in [3.05, 3.63) is 72.8 Å². The third-order valence-corrected chi connectivity index (χ3v) is 4.49. The van der Waals surface area contributed by atoms with Gasteiger partial charge >= 0.3 is 5.97 Å². The fraction of sp³-hybridized carbons (Fsp3) is 0.333. The minimum atomic E-state index is -0.939. The Morgan fingerprint density at radius 2 is 1.74 bits per heavy atom. The lowest BCUT2D eigenvalue weighted by molar-refractivity contribution is -0.142. The van der Waals surface area contributed by atoms with Crippen molar-refractivity contribution < 1.29 is 28.9 Å². The zero-order valence-corrected chi connectivity index (χ0v) is 17.7. The number of allylic oxidation sites excluding steroid dienone is 1. The maximum Gasteiger partial charge on any atom is 0.306 e. The van der Waals surface area contributed by atoms with Gasteiger partial charge in [0.05, 0.1) is 18.6 Å². The number of hydrogen-bond donors (Lipinski definition) is 2. The lowest BCUT2D eigenvalue weighted by Crippen LogP contribution is -2.40. The van der Waals surface area contributed by atoms with Crippen LogP contribution in [0.25, 0.3) is 0 Å². The molecule has 2 rings (SSSR count). The molecule has 0 aliphatic carbocycles. The van der Waals surface area contributed by atoms with Gasteiger partial charge in [-0.25, -0.2) is 0 Å². The second-order valence-corrected chi connectivity index (χ2v) is 6.89. The van der Waals surface area contributed by atoms with Gasteiger partial charge in [0, 0.05) is 12.2 Å². The van der Waals surface area contributed by atoms with Crippen molar-refractivity contribution in [1.29, 1.82) is 0 Å². The highest BCUT2D eigenvalue weighted by Crippen LogP contribution is 2.21.